The standard InChI is InChI=1S/C21H23N5O5S/c1-30-19-6-5-15(12-20(19)32(28,29)26-8-10-31-11-9-26)17-13-18(25-24-17)21(27)23-14-16-4-2-3-7-22-16/h2-7,12-13H,8-11,14H2,1H3,(H,23,27)(H,24,25). The summed E-state index contributed by atoms with van der Waals surface area (Å²) in [4.78, 5) is 16.7. The highest BCUT2D eigenvalue weighted by atomic mass is 32.2. The van der Waals surface area contributed by atoms with Gasteiger partial charge < -0.3 is 14.8 Å². The molecule has 2 aromatic heterocycles. The highest BCUT2D eigenvalue weighted by Gasteiger charge is 2.30. The van der Waals surface area contributed by atoms with Gasteiger partial charge in [-0.3, -0.25) is 14.9 Å². The Labute approximate surface area is 185 Å². The average molecular weight is 458 g/mol. The van der Waals surface area contributed by atoms with E-state index in [1.165, 1.54) is 17.5 Å². The predicted molar refractivity (Wildman–Crippen MR) is 116 cm³/mol. The van der Waals surface area contributed by atoms with E-state index in [9.17, 15) is 13.2 Å². The Hall–Kier alpha value is -3.28. The normalized spacial score (nSPS) is 14.8. The molecule has 4 rings (SSSR count). The molecule has 1 saturated heterocycles. The van der Waals surface area contributed by atoms with Crippen LogP contribution in [0.1, 0.15) is 16.2 Å². The summed E-state index contributed by atoms with van der Waals surface area (Å²) in [6, 6.07) is 11.8. The predicted octanol–water partition coefficient (Wildman–Crippen LogP) is 1.43. The van der Waals surface area contributed by atoms with Crippen molar-refractivity contribution in [2.75, 3.05) is 33.4 Å². The average Bonchev–Trinajstić information content (AvgIpc) is 3.34. The van der Waals surface area contributed by atoms with Crippen LogP contribution >= 0.6 is 0 Å². The van der Waals surface area contributed by atoms with Crippen molar-refractivity contribution in [2.45, 2.75) is 11.4 Å². The molecule has 0 radical (unpaired) electrons. The van der Waals surface area contributed by atoms with Gasteiger partial charge in [-0.1, -0.05) is 6.07 Å². The molecule has 1 aliphatic heterocycles. The second-order valence-corrected chi connectivity index (χ2v) is 8.96. The summed E-state index contributed by atoms with van der Waals surface area (Å²) < 4.78 is 38.3. The molecule has 0 saturated carbocycles. The van der Waals surface area contributed by atoms with E-state index in [0.29, 0.717) is 24.5 Å². The third kappa shape index (κ3) is 4.64. The van der Waals surface area contributed by atoms with E-state index in [4.69, 9.17) is 9.47 Å². The summed E-state index contributed by atoms with van der Waals surface area (Å²) in [5.41, 5.74) is 1.96. The molecule has 1 amide bonds. The summed E-state index contributed by atoms with van der Waals surface area (Å²) in [7, 11) is -2.36. The molecule has 0 aliphatic carbocycles. The van der Waals surface area contributed by atoms with E-state index in [1.807, 2.05) is 12.1 Å². The van der Waals surface area contributed by atoms with E-state index >= 15 is 0 Å². The number of H-pyrrole nitrogens is 1. The molecule has 1 fully saturated rings. The number of carbonyl (C=O) groups is 1. The number of nitrogens with one attached hydrogen (secondary N) is 2. The highest BCUT2D eigenvalue weighted by molar-refractivity contribution is 7.89. The minimum Gasteiger partial charge on any atom is -0.495 e. The fourth-order valence-electron chi connectivity index (χ4n) is 3.32. The molecule has 0 spiro atoms. The van der Waals surface area contributed by atoms with E-state index in [2.05, 4.69) is 20.5 Å². The van der Waals surface area contributed by atoms with E-state index in [-0.39, 0.29) is 41.9 Å². The summed E-state index contributed by atoms with van der Waals surface area (Å²) in [6.45, 7) is 1.52. The minimum absolute atomic E-state index is 0.0450. The lowest BCUT2D eigenvalue weighted by Gasteiger charge is -2.26. The van der Waals surface area contributed by atoms with Gasteiger partial charge >= 0.3 is 0 Å². The first-order chi connectivity index (χ1) is 15.5. The van der Waals surface area contributed by atoms with Gasteiger partial charge in [0.05, 0.1) is 38.3 Å². The van der Waals surface area contributed by atoms with Crippen LogP contribution in [0.15, 0.2) is 53.6 Å². The molecule has 0 unspecified atom stereocenters. The number of benzene rings is 1. The number of hydrogen-bond donors (Lipinski definition) is 2. The van der Waals surface area contributed by atoms with Gasteiger partial charge in [0, 0.05) is 24.8 Å². The van der Waals surface area contributed by atoms with Crippen molar-refractivity contribution in [3.63, 3.8) is 0 Å². The maximum atomic E-state index is 13.2. The number of carbonyl (C=O) groups excluding carboxylic acids is 1. The lowest BCUT2D eigenvalue weighted by molar-refractivity contribution is 0.0729. The Morgan fingerprint density at radius 1 is 1.22 bits per heavy atom. The number of pyridine rings is 1. The number of morpholine rings is 1. The Bertz CT molecular complexity index is 1190. The van der Waals surface area contributed by atoms with Crippen molar-refractivity contribution in [3.05, 3.63) is 60.0 Å². The molecule has 2 N–H and O–H groups in total. The van der Waals surface area contributed by atoms with Crippen molar-refractivity contribution in [1.29, 1.82) is 0 Å². The van der Waals surface area contributed by atoms with E-state index in [0.717, 1.165) is 5.69 Å². The van der Waals surface area contributed by atoms with Gasteiger partial charge in [0.15, 0.2) is 0 Å². The monoisotopic (exact) mass is 457 g/mol. The molecule has 3 heterocycles. The van der Waals surface area contributed by atoms with Crippen molar-refractivity contribution in [3.8, 4) is 17.0 Å². The number of nitrogens with zero attached hydrogens (tertiary/aromatic N) is 3. The van der Waals surface area contributed by atoms with Gasteiger partial charge in [-0.15, -0.1) is 0 Å². The Morgan fingerprint density at radius 2 is 2.03 bits per heavy atom. The van der Waals surface area contributed by atoms with Gasteiger partial charge in [0.1, 0.15) is 16.3 Å². The quantitative estimate of drug-likeness (QED) is 0.550. The third-order valence-corrected chi connectivity index (χ3v) is 6.95. The van der Waals surface area contributed by atoms with Gasteiger partial charge in [-0.05, 0) is 36.4 Å². The maximum Gasteiger partial charge on any atom is 0.269 e. The van der Waals surface area contributed by atoms with E-state index < -0.39 is 10.0 Å². The summed E-state index contributed by atoms with van der Waals surface area (Å²) in [6.07, 6.45) is 1.65. The van der Waals surface area contributed by atoms with Crippen LogP contribution in [0.4, 0.5) is 0 Å². The zero-order valence-corrected chi connectivity index (χ0v) is 18.3. The summed E-state index contributed by atoms with van der Waals surface area (Å²) in [5.74, 6) is -0.104. The van der Waals surface area contributed by atoms with Gasteiger partial charge in [0.25, 0.3) is 5.91 Å². The van der Waals surface area contributed by atoms with Crippen molar-refractivity contribution in [2.24, 2.45) is 0 Å². The number of aromatic amines is 1. The zero-order valence-electron chi connectivity index (χ0n) is 17.4. The first-order valence-electron chi connectivity index (χ1n) is 9.99. The van der Waals surface area contributed by atoms with Crippen LogP contribution in [0.2, 0.25) is 0 Å². The molecular weight excluding hydrogens is 434 g/mol. The van der Waals surface area contributed by atoms with Crippen LogP contribution in [-0.4, -0.2) is 67.2 Å². The Balaban J connectivity index is 1.56. The minimum atomic E-state index is -3.78. The fourth-order valence-corrected chi connectivity index (χ4v) is 4.91. The highest BCUT2D eigenvalue weighted by Crippen LogP contribution is 2.31. The molecule has 11 heteroatoms. The fraction of sp³-hybridized carbons (Fsp3) is 0.286. The molecule has 3 aromatic rings. The molecule has 168 valence electrons. The second-order valence-electron chi connectivity index (χ2n) is 7.05. The van der Waals surface area contributed by atoms with Gasteiger partial charge in [-0.25, -0.2) is 8.42 Å². The molecule has 32 heavy (non-hydrogen) atoms. The summed E-state index contributed by atoms with van der Waals surface area (Å²) >= 11 is 0. The first kappa shape index (κ1) is 21.9. The number of sulfonamides is 1. The maximum absolute atomic E-state index is 13.2. The summed E-state index contributed by atoms with van der Waals surface area (Å²) in [5, 5.41) is 9.65. The molecule has 0 atom stereocenters. The van der Waals surface area contributed by atoms with E-state index in [1.54, 1.807) is 30.5 Å². The molecular formula is C21H23N5O5S. The molecule has 1 aliphatic rings. The van der Waals surface area contributed by atoms with Crippen LogP contribution in [0, 0.1) is 0 Å². The first-order valence-corrected chi connectivity index (χ1v) is 11.4. The second kappa shape index (κ2) is 9.47. The number of rotatable bonds is 7. The van der Waals surface area contributed by atoms with Crippen molar-refractivity contribution in [1.82, 2.24) is 24.8 Å². The lowest BCUT2D eigenvalue weighted by atomic mass is 10.1. The van der Waals surface area contributed by atoms with Gasteiger partial charge in [0.2, 0.25) is 10.0 Å². The molecule has 1 aromatic carbocycles. The largest absolute Gasteiger partial charge is 0.495 e. The van der Waals surface area contributed by atoms with Crippen LogP contribution < -0.4 is 10.1 Å². The molecule has 0 bridgehead atoms. The Morgan fingerprint density at radius 3 is 2.75 bits per heavy atom. The van der Waals surface area contributed by atoms with Crippen LogP contribution in [-0.2, 0) is 21.3 Å². The Kier molecular flexibility index (Phi) is 6.49. The molecule has 10 nitrogen and oxygen atoms in total. The number of hydrogen-bond acceptors (Lipinski definition) is 7. The smallest absolute Gasteiger partial charge is 0.269 e. The number of aromatic nitrogens is 3. The van der Waals surface area contributed by atoms with Crippen molar-refractivity contribution < 1.29 is 22.7 Å². The van der Waals surface area contributed by atoms with Crippen LogP contribution in [0.25, 0.3) is 11.3 Å². The zero-order chi connectivity index (χ0) is 22.6. The third-order valence-electron chi connectivity index (χ3n) is 5.03. The van der Waals surface area contributed by atoms with Gasteiger partial charge in [-0.2, -0.15) is 9.40 Å². The topological polar surface area (TPSA) is 127 Å². The van der Waals surface area contributed by atoms with Crippen LogP contribution in [0.3, 0.4) is 0 Å². The number of amides is 1. The number of ether oxygens (including phenoxy) is 2. The lowest BCUT2D eigenvalue weighted by Crippen LogP contribution is -2.40. The van der Waals surface area contributed by atoms with Crippen molar-refractivity contribution >= 4 is 15.9 Å². The van der Waals surface area contributed by atoms with Crippen LogP contribution in [0.5, 0.6) is 5.75 Å². The number of methoxy groups -OCH3 is 1. The SMILES string of the molecule is COc1ccc(-c2cc(C(=O)NCc3ccccn3)[nH]n2)cc1S(=O)(=O)N1CCOCC1.